The van der Waals surface area contributed by atoms with Crippen LogP contribution in [0.1, 0.15) is 15.9 Å². The number of anilines is 1. The lowest BCUT2D eigenvalue weighted by atomic mass is 10.0. The van der Waals surface area contributed by atoms with Gasteiger partial charge in [0.05, 0.1) is 22.3 Å². The van der Waals surface area contributed by atoms with E-state index >= 15 is 4.39 Å². The van der Waals surface area contributed by atoms with Gasteiger partial charge in [-0.05, 0) is 42.0 Å². The topological polar surface area (TPSA) is 59.3 Å². The molecule has 0 bridgehead atoms. The highest BCUT2D eigenvalue weighted by Gasteiger charge is 2.34. The van der Waals surface area contributed by atoms with Gasteiger partial charge in [-0.15, -0.1) is 0 Å². The van der Waals surface area contributed by atoms with E-state index in [1.165, 1.54) is 10.6 Å². The lowest BCUT2D eigenvalue weighted by Gasteiger charge is -2.30. The molecule has 1 saturated heterocycles. The lowest BCUT2D eigenvalue weighted by molar-refractivity contribution is 0.0968. The minimum atomic E-state index is -0.608. The molecule has 6 rings (SSSR count). The number of benzene rings is 2. The molecule has 2 aliphatic rings. The third-order valence-corrected chi connectivity index (χ3v) is 6.72. The normalized spacial score (nSPS) is 15.2. The predicted molar refractivity (Wildman–Crippen MR) is 127 cm³/mol. The van der Waals surface area contributed by atoms with Gasteiger partial charge in [-0.1, -0.05) is 23.7 Å². The molecule has 1 N–H and O–H groups in total. The van der Waals surface area contributed by atoms with Crippen LogP contribution in [0, 0.1) is 5.82 Å². The summed E-state index contributed by atoms with van der Waals surface area (Å²) in [5.74, 6) is -1.03. The molecule has 6 nitrogen and oxygen atoms in total. The summed E-state index contributed by atoms with van der Waals surface area (Å²) in [6, 6.07) is 14.2. The molecule has 0 aliphatic carbocycles. The summed E-state index contributed by atoms with van der Waals surface area (Å²) >= 11 is 6.07. The van der Waals surface area contributed by atoms with E-state index in [0.717, 1.165) is 37.4 Å². The van der Waals surface area contributed by atoms with Gasteiger partial charge in [-0.2, -0.15) is 0 Å². The molecule has 0 radical (unpaired) electrons. The van der Waals surface area contributed by atoms with Crippen molar-refractivity contribution in [3.05, 3.63) is 86.9 Å². The van der Waals surface area contributed by atoms with Gasteiger partial charge >= 0.3 is 0 Å². The summed E-state index contributed by atoms with van der Waals surface area (Å²) in [5, 5.41) is 3.86. The van der Waals surface area contributed by atoms with Gasteiger partial charge in [-0.3, -0.25) is 14.2 Å². The Bertz CT molecular complexity index is 1480. The average molecular weight is 463 g/mol. The number of pyridine rings is 1. The highest BCUT2D eigenvalue weighted by atomic mass is 35.5. The van der Waals surface area contributed by atoms with Crippen LogP contribution in [0.15, 0.2) is 59.5 Å². The van der Waals surface area contributed by atoms with Gasteiger partial charge in [0, 0.05) is 49.6 Å². The van der Waals surface area contributed by atoms with Crippen LogP contribution in [0.2, 0.25) is 5.02 Å². The predicted octanol–water partition coefficient (Wildman–Crippen LogP) is 3.72. The number of aromatic nitrogens is 2. The number of halogens is 2. The monoisotopic (exact) mass is 462 g/mol. The molecule has 0 saturated carbocycles. The van der Waals surface area contributed by atoms with E-state index in [4.69, 9.17) is 11.6 Å². The number of carbonyl (C=O) groups is 1. The quantitative estimate of drug-likeness (QED) is 0.444. The zero-order valence-corrected chi connectivity index (χ0v) is 18.4. The van der Waals surface area contributed by atoms with Crippen LogP contribution in [0.25, 0.3) is 22.3 Å². The molecule has 166 valence electrons. The highest BCUT2D eigenvalue weighted by molar-refractivity contribution is 6.30. The van der Waals surface area contributed by atoms with Gasteiger partial charge < -0.3 is 14.8 Å². The molecular weight excluding hydrogens is 443 g/mol. The number of piperazine rings is 1. The second-order valence-electron chi connectivity index (χ2n) is 8.39. The molecule has 8 heteroatoms. The van der Waals surface area contributed by atoms with Gasteiger partial charge in [0.25, 0.3) is 5.91 Å². The average Bonchev–Trinajstić information content (AvgIpc) is 3.40. The Morgan fingerprint density at radius 2 is 1.79 bits per heavy atom. The molecule has 0 amide bonds. The number of rotatable bonds is 3. The van der Waals surface area contributed by atoms with Gasteiger partial charge in [0.1, 0.15) is 11.4 Å². The number of hydrogen-bond donors (Lipinski definition) is 1. The van der Waals surface area contributed by atoms with E-state index in [2.05, 4.69) is 10.2 Å². The molecule has 0 spiro atoms. The zero-order valence-electron chi connectivity index (χ0n) is 17.6. The molecule has 33 heavy (non-hydrogen) atoms. The van der Waals surface area contributed by atoms with Crippen LogP contribution in [0.4, 0.5) is 10.1 Å². The van der Waals surface area contributed by atoms with Crippen molar-refractivity contribution in [1.82, 2.24) is 14.5 Å². The minimum absolute atomic E-state index is 0.0147. The van der Waals surface area contributed by atoms with Crippen LogP contribution < -0.4 is 15.6 Å². The fourth-order valence-corrected chi connectivity index (χ4v) is 5.01. The van der Waals surface area contributed by atoms with E-state index in [9.17, 15) is 9.59 Å². The molecule has 2 aliphatic heterocycles. The molecular formula is C25H20ClFN4O2. The molecule has 2 aromatic carbocycles. The summed E-state index contributed by atoms with van der Waals surface area (Å²) in [7, 11) is 0. The van der Waals surface area contributed by atoms with Crippen molar-refractivity contribution >= 4 is 34.1 Å². The number of hydrogen-bond acceptors (Lipinski definition) is 4. The second-order valence-corrected chi connectivity index (χ2v) is 8.83. The standard InChI is InChI=1S/C25H20ClFN4O2/c26-16-5-3-15(4-6-16)14-31-20-13-17(29-10-7-28-8-11-29)12-18(27)21(20)24(32)22-23(31)19-2-1-9-30(19)25(22)33/h1-6,9,12-13,28H,7-8,10-11,14H2. The Labute approximate surface area is 193 Å². The van der Waals surface area contributed by atoms with E-state index in [1.807, 2.05) is 28.8 Å². The largest absolute Gasteiger partial charge is 0.369 e. The van der Waals surface area contributed by atoms with E-state index in [-0.39, 0.29) is 10.9 Å². The first-order chi connectivity index (χ1) is 16.0. The SMILES string of the molecule is O=C1c2c(n(Cc3ccc(Cl)cc3)c3cc(N4CCNCC4)cc(F)c3c2=O)-c2cccn21. The van der Waals surface area contributed by atoms with Crippen molar-refractivity contribution < 1.29 is 9.18 Å². The smallest absolute Gasteiger partial charge is 0.268 e. The van der Waals surface area contributed by atoms with E-state index in [0.29, 0.717) is 28.5 Å². The number of nitrogens with one attached hydrogen (secondary N) is 1. The molecule has 4 heterocycles. The maximum Gasteiger partial charge on any atom is 0.268 e. The Morgan fingerprint density at radius 3 is 2.55 bits per heavy atom. The fraction of sp³-hybridized carbons (Fsp3) is 0.200. The van der Waals surface area contributed by atoms with Gasteiger partial charge in [-0.25, -0.2) is 4.39 Å². The third-order valence-electron chi connectivity index (χ3n) is 6.47. The van der Waals surface area contributed by atoms with Crippen LogP contribution >= 0.6 is 11.6 Å². The minimum Gasteiger partial charge on any atom is -0.369 e. The lowest BCUT2D eigenvalue weighted by Crippen LogP contribution is -2.43. The summed E-state index contributed by atoms with van der Waals surface area (Å²) in [6.45, 7) is 3.48. The summed E-state index contributed by atoms with van der Waals surface area (Å²) in [6.07, 6.45) is 1.64. The summed E-state index contributed by atoms with van der Waals surface area (Å²) in [5.41, 5.74) is 2.74. The van der Waals surface area contributed by atoms with Crippen LogP contribution in [-0.4, -0.2) is 41.2 Å². The van der Waals surface area contributed by atoms with Crippen molar-refractivity contribution in [3.8, 4) is 11.4 Å². The van der Waals surface area contributed by atoms with Crippen LogP contribution in [0.3, 0.4) is 0 Å². The first kappa shape index (κ1) is 20.2. The molecule has 2 aromatic heterocycles. The van der Waals surface area contributed by atoms with Crippen molar-refractivity contribution in [2.24, 2.45) is 0 Å². The Morgan fingerprint density at radius 1 is 1.03 bits per heavy atom. The second kappa shape index (κ2) is 7.57. The number of fused-ring (bicyclic) bond motifs is 4. The Hall–Kier alpha value is -3.42. The molecule has 1 fully saturated rings. The fourth-order valence-electron chi connectivity index (χ4n) is 4.88. The van der Waals surface area contributed by atoms with E-state index in [1.54, 1.807) is 24.4 Å². The van der Waals surface area contributed by atoms with E-state index < -0.39 is 17.2 Å². The molecule has 0 unspecified atom stereocenters. The van der Waals surface area contributed by atoms with Gasteiger partial charge in [0.15, 0.2) is 0 Å². The first-order valence-corrected chi connectivity index (χ1v) is 11.2. The van der Waals surface area contributed by atoms with Gasteiger partial charge in [0.2, 0.25) is 5.43 Å². The Balaban J connectivity index is 1.66. The first-order valence-electron chi connectivity index (χ1n) is 10.9. The highest BCUT2D eigenvalue weighted by Crippen LogP contribution is 2.35. The molecule has 0 atom stereocenters. The number of nitrogens with zero attached hydrogens (tertiary/aromatic N) is 3. The van der Waals surface area contributed by atoms with Crippen molar-refractivity contribution in [2.75, 3.05) is 31.1 Å². The van der Waals surface area contributed by atoms with Crippen molar-refractivity contribution in [1.29, 1.82) is 0 Å². The maximum absolute atomic E-state index is 15.5. The maximum atomic E-state index is 15.5. The summed E-state index contributed by atoms with van der Waals surface area (Å²) < 4.78 is 18.8. The van der Waals surface area contributed by atoms with Crippen molar-refractivity contribution in [3.63, 3.8) is 0 Å². The third kappa shape index (κ3) is 3.11. The van der Waals surface area contributed by atoms with Crippen molar-refractivity contribution in [2.45, 2.75) is 6.54 Å². The van der Waals surface area contributed by atoms with Crippen LogP contribution in [0.5, 0.6) is 0 Å². The Kier molecular flexibility index (Phi) is 4.64. The summed E-state index contributed by atoms with van der Waals surface area (Å²) in [4.78, 5) is 28.6. The van der Waals surface area contributed by atoms with Crippen LogP contribution in [-0.2, 0) is 6.54 Å². The zero-order chi connectivity index (χ0) is 22.7. The molecule has 4 aromatic rings. The number of carbonyl (C=O) groups excluding carboxylic acids is 1.